The monoisotopic (exact) mass is 257 g/mol. The van der Waals surface area contributed by atoms with Crippen molar-refractivity contribution in [3.05, 3.63) is 36.5 Å². The Morgan fingerprint density at radius 3 is 2.37 bits per heavy atom. The molecule has 2 rings (SSSR count). The van der Waals surface area contributed by atoms with Crippen LogP contribution in [-0.4, -0.2) is 23.1 Å². The van der Waals surface area contributed by atoms with E-state index in [0.29, 0.717) is 5.82 Å². The molecule has 0 fully saturated rings. The number of benzene rings is 1. The lowest BCUT2D eigenvalue weighted by atomic mass is 10.2. The zero-order valence-corrected chi connectivity index (χ0v) is 11.3. The smallest absolute Gasteiger partial charge is 0.221 e. The van der Waals surface area contributed by atoms with E-state index in [1.54, 1.807) is 12.3 Å². The molecule has 100 valence electrons. The van der Waals surface area contributed by atoms with Crippen LogP contribution in [0.1, 0.15) is 13.8 Å². The fourth-order valence-corrected chi connectivity index (χ4v) is 1.94. The summed E-state index contributed by atoms with van der Waals surface area (Å²) in [6, 6.07) is 10.0. The maximum Gasteiger partial charge on any atom is 0.221 e. The number of anilines is 4. The molecule has 5 nitrogen and oxygen atoms in total. The van der Waals surface area contributed by atoms with Crippen LogP contribution in [-0.2, 0) is 0 Å². The van der Waals surface area contributed by atoms with Crippen molar-refractivity contribution < 1.29 is 0 Å². The van der Waals surface area contributed by atoms with Crippen LogP contribution in [0.5, 0.6) is 0 Å². The van der Waals surface area contributed by atoms with Crippen LogP contribution in [0.2, 0.25) is 0 Å². The Bertz CT molecular complexity index is 520. The third-order valence-electron chi connectivity index (χ3n) is 2.94. The lowest BCUT2D eigenvalue weighted by molar-refractivity contribution is 0.866. The average molecular weight is 257 g/mol. The second-order valence-electron chi connectivity index (χ2n) is 4.14. The van der Waals surface area contributed by atoms with Gasteiger partial charge >= 0.3 is 0 Å². The SMILES string of the molecule is CCN(CC)c1ccc(Nc2ccnc(N)n2)cc1. The Hall–Kier alpha value is -2.30. The first-order valence-corrected chi connectivity index (χ1v) is 6.43. The van der Waals surface area contributed by atoms with Gasteiger partial charge in [-0.15, -0.1) is 0 Å². The van der Waals surface area contributed by atoms with E-state index in [1.165, 1.54) is 5.69 Å². The van der Waals surface area contributed by atoms with Gasteiger partial charge < -0.3 is 16.0 Å². The summed E-state index contributed by atoms with van der Waals surface area (Å²) in [7, 11) is 0. The van der Waals surface area contributed by atoms with E-state index in [1.807, 2.05) is 12.1 Å². The molecule has 2 aromatic rings. The first kappa shape index (κ1) is 13.1. The van der Waals surface area contributed by atoms with E-state index in [-0.39, 0.29) is 5.95 Å². The first-order valence-electron chi connectivity index (χ1n) is 6.43. The van der Waals surface area contributed by atoms with E-state index < -0.39 is 0 Å². The second kappa shape index (κ2) is 6.04. The third-order valence-corrected chi connectivity index (χ3v) is 2.94. The first-order chi connectivity index (χ1) is 9.22. The zero-order chi connectivity index (χ0) is 13.7. The summed E-state index contributed by atoms with van der Waals surface area (Å²) in [5.74, 6) is 0.966. The number of aromatic nitrogens is 2. The molecule has 0 saturated heterocycles. The summed E-state index contributed by atoms with van der Waals surface area (Å²) < 4.78 is 0. The van der Waals surface area contributed by atoms with Gasteiger partial charge in [-0.25, -0.2) is 4.98 Å². The highest BCUT2D eigenvalue weighted by Gasteiger charge is 2.02. The lowest BCUT2D eigenvalue weighted by Gasteiger charge is -2.21. The van der Waals surface area contributed by atoms with Crippen molar-refractivity contribution >= 4 is 23.1 Å². The molecule has 0 aliphatic carbocycles. The van der Waals surface area contributed by atoms with Crippen LogP contribution in [0, 0.1) is 0 Å². The minimum atomic E-state index is 0.268. The van der Waals surface area contributed by atoms with Crippen LogP contribution >= 0.6 is 0 Å². The van der Waals surface area contributed by atoms with Crippen molar-refractivity contribution in [1.82, 2.24) is 9.97 Å². The summed E-state index contributed by atoms with van der Waals surface area (Å²) >= 11 is 0. The molecule has 5 heteroatoms. The predicted octanol–water partition coefficient (Wildman–Crippen LogP) is 2.65. The standard InChI is InChI=1S/C14H19N5/c1-3-19(4-2)12-7-5-11(6-8-12)17-13-9-10-16-14(15)18-13/h5-10H,3-4H2,1-2H3,(H3,15,16,17,18). The van der Waals surface area contributed by atoms with Gasteiger partial charge in [-0.3, -0.25) is 0 Å². The van der Waals surface area contributed by atoms with E-state index in [0.717, 1.165) is 18.8 Å². The normalized spacial score (nSPS) is 10.2. The number of hydrogen-bond acceptors (Lipinski definition) is 5. The Balaban J connectivity index is 2.10. The Morgan fingerprint density at radius 2 is 1.79 bits per heavy atom. The number of nitrogen functional groups attached to an aromatic ring is 1. The Morgan fingerprint density at radius 1 is 1.11 bits per heavy atom. The highest BCUT2D eigenvalue weighted by Crippen LogP contribution is 2.20. The molecular formula is C14H19N5. The number of rotatable bonds is 5. The topological polar surface area (TPSA) is 67.1 Å². The molecule has 0 spiro atoms. The molecule has 1 aromatic carbocycles. The van der Waals surface area contributed by atoms with Gasteiger partial charge in [0.25, 0.3) is 0 Å². The molecular weight excluding hydrogens is 238 g/mol. The lowest BCUT2D eigenvalue weighted by Crippen LogP contribution is -2.21. The predicted molar refractivity (Wildman–Crippen MR) is 79.7 cm³/mol. The molecule has 0 aliphatic heterocycles. The van der Waals surface area contributed by atoms with Crippen molar-refractivity contribution in [1.29, 1.82) is 0 Å². The summed E-state index contributed by atoms with van der Waals surface area (Å²) in [4.78, 5) is 10.3. The number of nitrogens with zero attached hydrogens (tertiary/aromatic N) is 3. The Labute approximate surface area is 113 Å². The van der Waals surface area contributed by atoms with Crippen molar-refractivity contribution in [2.24, 2.45) is 0 Å². The van der Waals surface area contributed by atoms with Crippen molar-refractivity contribution in [3.63, 3.8) is 0 Å². The largest absolute Gasteiger partial charge is 0.372 e. The molecule has 0 radical (unpaired) electrons. The van der Waals surface area contributed by atoms with Crippen molar-refractivity contribution in [2.45, 2.75) is 13.8 Å². The molecule has 0 bridgehead atoms. The third kappa shape index (κ3) is 3.34. The molecule has 1 heterocycles. The Kier molecular flexibility index (Phi) is 4.18. The van der Waals surface area contributed by atoms with Crippen LogP contribution in [0.25, 0.3) is 0 Å². The van der Waals surface area contributed by atoms with Gasteiger partial charge in [-0.2, -0.15) is 4.98 Å². The zero-order valence-electron chi connectivity index (χ0n) is 11.3. The molecule has 0 amide bonds. The van der Waals surface area contributed by atoms with Gasteiger partial charge in [0.1, 0.15) is 5.82 Å². The number of hydrogen-bond donors (Lipinski definition) is 2. The number of nitrogens with one attached hydrogen (secondary N) is 1. The minimum Gasteiger partial charge on any atom is -0.372 e. The highest BCUT2D eigenvalue weighted by atomic mass is 15.1. The fraction of sp³-hybridized carbons (Fsp3) is 0.286. The van der Waals surface area contributed by atoms with Gasteiger partial charge in [0.2, 0.25) is 5.95 Å². The van der Waals surface area contributed by atoms with Crippen molar-refractivity contribution in [2.75, 3.05) is 29.0 Å². The maximum atomic E-state index is 5.54. The maximum absolute atomic E-state index is 5.54. The summed E-state index contributed by atoms with van der Waals surface area (Å²) in [5.41, 5.74) is 7.74. The van der Waals surface area contributed by atoms with Crippen LogP contribution < -0.4 is 16.0 Å². The molecule has 0 unspecified atom stereocenters. The quantitative estimate of drug-likeness (QED) is 0.862. The van der Waals surface area contributed by atoms with Gasteiger partial charge in [0.15, 0.2) is 0 Å². The van der Waals surface area contributed by atoms with Crippen LogP contribution in [0.4, 0.5) is 23.1 Å². The van der Waals surface area contributed by atoms with Crippen molar-refractivity contribution in [3.8, 4) is 0 Å². The fourth-order valence-electron chi connectivity index (χ4n) is 1.94. The summed E-state index contributed by atoms with van der Waals surface area (Å²) in [6.07, 6.45) is 1.63. The average Bonchev–Trinajstić information content (AvgIpc) is 2.42. The van der Waals surface area contributed by atoms with Gasteiger partial charge in [0.05, 0.1) is 0 Å². The van der Waals surface area contributed by atoms with Gasteiger partial charge in [-0.05, 0) is 44.2 Å². The van der Waals surface area contributed by atoms with Gasteiger partial charge in [-0.1, -0.05) is 0 Å². The summed E-state index contributed by atoms with van der Waals surface area (Å²) in [5, 5.41) is 3.20. The molecule has 0 saturated carbocycles. The molecule has 0 aliphatic rings. The van der Waals surface area contributed by atoms with E-state index in [9.17, 15) is 0 Å². The number of nitrogens with two attached hydrogens (primary N) is 1. The van der Waals surface area contributed by atoms with E-state index in [2.05, 4.69) is 46.2 Å². The van der Waals surface area contributed by atoms with Crippen LogP contribution in [0.3, 0.4) is 0 Å². The van der Waals surface area contributed by atoms with E-state index in [4.69, 9.17) is 5.73 Å². The van der Waals surface area contributed by atoms with Crippen LogP contribution in [0.15, 0.2) is 36.5 Å². The molecule has 0 atom stereocenters. The minimum absolute atomic E-state index is 0.268. The highest BCUT2D eigenvalue weighted by molar-refractivity contribution is 5.61. The molecule has 19 heavy (non-hydrogen) atoms. The molecule has 3 N–H and O–H groups in total. The molecule has 1 aromatic heterocycles. The van der Waals surface area contributed by atoms with E-state index >= 15 is 0 Å². The second-order valence-corrected chi connectivity index (χ2v) is 4.14. The summed E-state index contributed by atoms with van der Waals surface area (Å²) in [6.45, 7) is 6.32. The van der Waals surface area contributed by atoms with Gasteiger partial charge in [0, 0.05) is 30.7 Å².